The first-order chi connectivity index (χ1) is 16.5. The van der Waals surface area contributed by atoms with Crippen LogP contribution in [0.4, 0.5) is 16.2 Å². The molecule has 2 atom stereocenters. The van der Waals surface area contributed by atoms with Crippen LogP contribution >= 0.6 is 0 Å². The van der Waals surface area contributed by atoms with E-state index in [1.807, 2.05) is 0 Å². The monoisotopic (exact) mass is 488 g/mol. The summed E-state index contributed by atoms with van der Waals surface area (Å²) in [6.45, 7) is 8.03. The van der Waals surface area contributed by atoms with E-state index in [4.69, 9.17) is 9.47 Å². The van der Waals surface area contributed by atoms with Gasteiger partial charge >= 0.3 is 6.09 Å². The molecule has 3 rings (SSSR count). The molecule has 1 aromatic carbocycles. The highest BCUT2D eigenvalue weighted by atomic mass is 16.6. The van der Waals surface area contributed by atoms with Gasteiger partial charge in [-0.25, -0.2) is 4.79 Å². The Kier molecular flexibility index (Phi) is 8.37. The average Bonchev–Trinajstić information content (AvgIpc) is 2.93. The lowest BCUT2D eigenvalue weighted by Gasteiger charge is -2.30. The maximum Gasteiger partial charge on any atom is 0.410 e. The fourth-order valence-electron chi connectivity index (χ4n) is 4.01. The molecule has 0 spiro atoms. The Morgan fingerprint density at radius 2 is 1.89 bits per heavy atom. The average molecular weight is 489 g/mol. The van der Waals surface area contributed by atoms with Gasteiger partial charge in [0, 0.05) is 26.7 Å². The van der Waals surface area contributed by atoms with Crippen LogP contribution in [0.2, 0.25) is 0 Å². The number of fused-ring (bicyclic) bond motifs is 1. The van der Waals surface area contributed by atoms with Crippen molar-refractivity contribution in [2.45, 2.75) is 64.6 Å². The molecule has 192 valence electrons. The maximum atomic E-state index is 13.3. The van der Waals surface area contributed by atoms with E-state index < -0.39 is 35.6 Å². The number of anilines is 2. The number of benzene rings is 1. The van der Waals surface area contributed by atoms with Gasteiger partial charge in [-0.2, -0.15) is 0 Å². The predicted octanol–water partition coefficient (Wildman–Crippen LogP) is 2.53. The summed E-state index contributed by atoms with van der Waals surface area (Å²) in [5, 5.41) is 5.53. The molecular weight excluding hydrogens is 452 g/mol. The molecule has 0 radical (unpaired) electrons. The van der Waals surface area contributed by atoms with E-state index in [2.05, 4.69) is 10.6 Å². The number of hydrogen-bond acceptors (Lipinski definition) is 6. The molecule has 0 saturated carbocycles. The van der Waals surface area contributed by atoms with E-state index in [-0.39, 0.29) is 18.4 Å². The molecule has 1 aromatic rings. The molecule has 1 saturated heterocycles. The molecule has 0 unspecified atom stereocenters. The fourth-order valence-corrected chi connectivity index (χ4v) is 4.01. The Labute approximate surface area is 206 Å². The van der Waals surface area contributed by atoms with Crippen LogP contribution in [-0.2, 0) is 23.9 Å². The lowest BCUT2D eigenvalue weighted by molar-refractivity contribution is -0.129. The third kappa shape index (κ3) is 6.94. The lowest BCUT2D eigenvalue weighted by atomic mass is 9.95. The van der Waals surface area contributed by atoms with E-state index in [0.717, 1.165) is 12.8 Å². The minimum Gasteiger partial charge on any atom is -0.444 e. The van der Waals surface area contributed by atoms with Crippen molar-refractivity contribution in [3.05, 3.63) is 24.3 Å². The Bertz CT molecular complexity index is 954. The highest BCUT2D eigenvalue weighted by Gasteiger charge is 2.35. The predicted molar refractivity (Wildman–Crippen MR) is 131 cm³/mol. The largest absolute Gasteiger partial charge is 0.444 e. The van der Waals surface area contributed by atoms with Crippen LogP contribution in [0.15, 0.2) is 24.3 Å². The highest BCUT2D eigenvalue weighted by molar-refractivity contribution is 6.07. The van der Waals surface area contributed by atoms with Crippen molar-refractivity contribution >= 4 is 35.2 Å². The lowest BCUT2D eigenvalue weighted by Crippen LogP contribution is -2.55. The van der Waals surface area contributed by atoms with Crippen molar-refractivity contribution in [1.82, 2.24) is 10.2 Å². The molecule has 1 fully saturated rings. The van der Waals surface area contributed by atoms with Gasteiger partial charge in [0.1, 0.15) is 17.7 Å². The smallest absolute Gasteiger partial charge is 0.410 e. The second-order valence-electron chi connectivity index (χ2n) is 10.1. The van der Waals surface area contributed by atoms with Gasteiger partial charge in [0.05, 0.1) is 17.9 Å². The number of ether oxygens (including phenoxy) is 2. The van der Waals surface area contributed by atoms with Gasteiger partial charge in [-0.15, -0.1) is 0 Å². The van der Waals surface area contributed by atoms with Gasteiger partial charge < -0.3 is 25.0 Å². The number of nitrogens with one attached hydrogen (secondary N) is 2. The number of hydrogen-bond donors (Lipinski definition) is 2. The topological polar surface area (TPSA) is 117 Å². The number of carbonyl (C=O) groups is 4. The van der Waals surface area contributed by atoms with Gasteiger partial charge in [0.2, 0.25) is 17.7 Å². The summed E-state index contributed by atoms with van der Waals surface area (Å²) in [7, 11) is 1.46. The van der Waals surface area contributed by atoms with Gasteiger partial charge in [0.25, 0.3) is 0 Å². The number of rotatable bonds is 5. The van der Waals surface area contributed by atoms with Crippen molar-refractivity contribution in [2.75, 3.05) is 37.0 Å². The summed E-state index contributed by atoms with van der Waals surface area (Å²) in [6.07, 6.45) is 1.32. The molecule has 2 N–H and O–H groups in total. The minimum atomic E-state index is -0.997. The van der Waals surface area contributed by atoms with E-state index in [1.165, 1.54) is 11.9 Å². The molecule has 4 amide bonds. The van der Waals surface area contributed by atoms with Crippen molar-refractivity contribution in [2.24, 2.45) is 5.92 Å². The van der Waals surface area contributed by atoms with Gasteiger partial charge in [-0.1, -0.05) is 12.1 Å². The summed E-state index contributed by atoms with van der Waals surface area (Å²) in [5.74, 6) is -0.856. The second kappa shape index (κ2) is 11.1. The van der Waals surface area contributed by atoms with Gasteiger partial charge in [-0.05, 0) is 58.6 Å². The van der Waals surface area contributed by atoms with E-state index in [1.54, 1.807) is 56.9 Å². The number of nitrogens with zero attached hydrogens (tertiary/aromatic N) is 2. The number of amides is 4. The fraction of sp³-hybridized carbons (Fsp3) is 0.600. The normalized spacial score (nSPS) is 19.6. The molecule has 2 heterocycles. The van der Waals surface area contributed by atoms with Crippen LogP contribution < -0.4 is 15.5 Å². The quantitative estimate of drug-likeness (QED) is 0.658. The number of para-hydroxylation sites is 2. The zero-order valence-electron chi connectivity index (χ0n) is 21.1. The van der Waals surface area contributed by atoms with Crippen LogP contribution in [0.25, 0.3) is 0 Å². The Hall–Kier alpha value is -3.14. The van der Waals surface area contributed by atoms with Crippen LogP contribution in [0.5, 0.6) is 0 Å². The SMILES string of the molecule is C[C@@H](C(=O)N[C@H]1CN(C(=O)CC2CCOCC2)c2ccccc2NC1=O)N(C)C(=O)OC(C)(C)C. The standard InChI is InChI=1S/C25H36N4O6/c1-16(28(5)24(33)35-25(2,3)4)22(31)27-19-15-29(21(30)14-17-10-12-34-13-11-17)20-9-7-6-8-18(20)26-23(19)32/h6-9,16-17,19H,10-15H2,1-5H3,(H,26,32)(H,27,31)/t16-,19-/m0/s1. The highest BCUT2D eigenvalue weighted by Crippen LogP contribution is 2.30. The molecule has 0 aromatic heterocycles. The first-order valence-corrected chi connectivity index (χ1v) is 12.0. The van der Waals surface area contributed by atoms with Crippen LogP contribution in [0.3, 0.4) is 0 Å². The minimum absolute atomic E-state index is 0.0144. The van der Waals surface area contributed by atoms with Crippen molar-refractivity contribution in [3.8, 4) is 0 Å². The molecule has 10 heteroatoms. The summed E-state index contributed by atoms with van der Waals surface area (Å²) >= 11 is 0. The Morgan fingerprint density at radius 1 is 1.23 bits per heavy atom. The molecule has 2 aliphatic heterocycles. The van der Waals surface area contributed by atoms with E-state index >= 15 is 0 Å². The summed E-state index contributed by atoms with van der Waals surface area (Å²) in [6, 6.07) is 5.19. The number of carbonyl (C=O) groups excluding carboxylic acids is 4. The van der Waals surface area contributed by atoms with E-state index in [0.29, 0.717) is 31.0 Å². The molecule has 0 bridgehead atoms. The van der Waals surface area contributed by atoms with Crippen LogP contribution in [0, 0.1) is 5.92 Å². The van der Waals surface area contributed by atoms with Crippen LogP contribution in [-0.4, -0.2) is 73.2 Å². The Morgan fingerprint density at radius 3 is 2.54 bits per heavy atom. The second-order valence-corrected chi connectivity index (χ2v) is 10.1. The first kappa shape index (κ1) is 26.5. The molecule has 35 heavy (non-hydrogen) atoms. The van der Waals surface area contributed by atoms with Gasteiger partial charge in [0.15, 0.2) is 0 Å². The molecule has 10 nitrogen and oxygen atoms in total. The zero-order chi connectivity index (χ0) is 25.8. The van der Waals surface area contributed by atoms with E-state index in [9.17, 15) is 19.2 Å². The maximum absolute atomic E-state index is 13.3. The van der Waals surface area contributed by atoms with Crippen molar-refractivity contribution < 1.29 is 28.7 Å². The van der Waals surface area contributed by atoms with Crippen LogP contribution in [0.1, 0.15) is 47.0 Å². The third-order valence-electron chi connectivity index (χ3n) is 6.20. The third-order valence-corrected chi connectivity index (χ3v) is 6.20. The zero-order valence-corrected chi connectivity index (χ0v) is 21.1. The molecule has 2 aliphatic rings. The van der Waals surface area contributed by atoms with Crippen molar-refractivity contribution in [3.63, 3.8) is 0 Å². The Balaban J connectivity index is 1.74. The van der Waals surface area contributed by atoms with Gasteiger partial charge in [-0.3, -0.25) is 19.3 Å². The molecular formula is C25H36N4O6. The summed E-state index contributed by atoms with van der Waals surface area (Å²) < 4.78 is 10.7. The first-order valence-electron chi connectivity index (χ1n) is 12.0. The summed E-state index contributed by atoms with van der Waals surface area (Å²) in [4.78, 5) is 54.5. The number of likely N-dealkylation sites (N-methyl/N-ethyl adjacent to an activating group) is 1. The summed E-state index contributed by atoms with van der Waals surface area (Å²) in [5.41, 5.74) is 0.391. The molecule has 0 aliphatic carbocycles. The van der Waals surface area contributed by atoms with Crippen molar-refractivity contribution in [1.29, 1.82) is 0 Å².